The summed E-state index contributed by atoms with van der Waals surface area (Å²) >= 11 is 0. The van der Waals surface area contributed by atoms with Crippen LogP contribution < -0.4 is 0 Å². The van der Waals surface area contributed by atoms with Gasteiger partial charge in [-0.05, 0) is 0 Å². The lowest BCUT2D eigenvalue weighted by atomic mass is 10.2. The third-order valence-electron chi connectivity index (χ3n) is 5.60. The number of hydrogen-bond acceptors (Lipinski definition) is 17. The zero-order valence-corrected chi connectivity index (χ0v) is 28.9. The maximum atomic E-state index is 11.4. The van der Waals surface area contributed by atoms with E-state index < -0.39 is 30.1 Å². The van der Waals surface area contributed by atoms with E-state index in [1.165, 1.54) is 0 Å². The van der Waals surface area contributed by atoms with Crippen LogP contribution in [0.25, 0.3) is 0 Å². The van der Waals surface area contributed by atoms with Gasteiger partial charge in [0.15, 0.2) is 0 Å². The molecule has 50 heavy (non-hydrogen) atoms. The Bertz CT molecular complexity index is 800. The summed E-state index contributed by atoms with van der Waals surface area (Å²) in [4.78, 5) is 42.9. The first-order valence-electron chi connectivity index (χ1n) is 16.5. The van der Waals surface area contributed by atoms with Gasteiger partial charge in [0.25, 0.3) is 0 Å². The van der Waals surface area contributed by atoms with Crippen LogP contribution in [-0.4, -0.2) is 199 Å². The summed E-state index contributed by atoms with van der Waals surface area (Å²) in [6.07, 6.45) is -0.672. The van der Waals surface area contributed by atoms with Crippen LogP contribution in [0.5, 0.6) is 0 Å². The molecule has 19 nitrogen and oxygen atoms in total. The first-order chi connectivity index (χ1) is 24.4. The number of aliphatic carboxylic acids is 2. The average Bonchev–Trinajstić information content (AvgIpc) is 3.09. The van der Waals surface area contributed by atoms with Crippen molar-refractivity contribution in [3.63, 3.8) is 0 Å². The van der Waals surface area contributed by atoms with Crippen molar-refractivity contribution in [2.45, 2.75) is 12.8 Å². The molecule has 0 unspecified atom stereocenters. The van der Waals surface area contributed by atoms with Crippen LogP contribution >= 0.6 is 0 Å². The summed E-state index contributed by atoms with van der Waals surface area (Å²) in [6.45, 7) is 8.97. The Kier molecular flexibility index (Phi) is 37.5. The van der Waals surface area contributed by atoms with Crippen molar-refractivity contribution >= 4 is 23.7 Å². The zero-order chi connectivity index (χ0) is 36.6. The summed E-state index contributed by atoms with van der Waals surface area (Å²) in [5.41, 5.74) is 0. The number of ketones is 1. The minimum Gasteiger partial charge on any atom is -0.480 e. The van der Waals surface area contributed by atoms with Crippen molar-refractivity contribution in [3.05, 3.63) is 0 Å². The predicted octanol–water partition coefficient (Wildman–Crippen LogP) is -0.753. The lowest BCUT2D eigenvalue weighted by Gasteiger charge is -2.09. The molecule has 294 valence electrons. The molecule has 0 saturated heterocycles. The van der Waals surface area contributed by atoms with E-state index in [9.17, 15) is 19.2 Å². The number of carbonyl (C=O) groups excluding carboxylic acids is 2. The molecule has 0 bridgehead atoms. The number of hydrogen-bond donors (Lipinski definition) is 2. The molecule has 0 rings (SSSR count). The molecule has 0 spiro atoms. The summed E-state index contributed by atoms with van der Waals surface area (Å²) in [5, 5.41) is 16.9. The number of carboxylic acid groups (broad SMARTS) is 2. The van der Waals surface area contributed by atoms with Gasteiger partial charge in [-0.15, -0.1) is 0 Å². The molecule has 0 saturated carbocycles. The SMILES string of the molecule is O=C(O)COCCOCCOCCOCCOCCOCCOCCOCCOCCOCCOCCOCCOC(=O)CCC(=O)C(=O)O. The van der Waals surface area contributed by atoms with Crippen LogP contribution in [-0.2, 0) is 80.8 Å². The van der Waals surface area contributed by atoms with E-state index in [1.54, 1.807) is 0 Å². The molecule has 0 radical (unpaired) electrons. The first kappa shape index (κ1) is 47.6. The Morgan fingerprint density at radius 2 is 0.560 bits per heavy atom. The van der Waals surface area contributed by atoms with Gasteiger partial charge < -0.3 is 71.8 Å². The van der Waals surface area contributed by atoms with Crippen molar-refractivity contribution in [2.24, 2.45) is 0 Å². The highest BCUT2D eigenvalue weighted by atomic mass is 16.6. The summed E-state index contributed by atoms with van der Waals surface area (Å²) in [6, 6.07) is 0. The highest BCUT2D eigenvalue weighted by Gasteiger charge is 2.14. The van der Waals surface area contributed by atoms with E-state index >= 15 is 0 Å². The van der Waals surface area contributed by atoms with Crippen molar-refractivity contribution < 1.29 is 91.0 Å². The minimum atomic E-state index is -1.57. The molecule has 0 aromatic rings. The van der Waals surface area contributed by atoms with Crippen molar-refractivity contribution in [2.75, 3.05) is 165 Å². The van der Waals surface area contributed by atoms with Gasteiger partial charge in [-0.3, -0.25) is 9.59 Å². The predicted molar refractivity (Wildman–Crippen MR) is 170 cm³/mol. The molecule has 0 amide bonds. The summed E-state index contributed by atoms with van der Waals surface area (Å²) in [7, 11) is 0. The fraction of sp³-hybridized carbons (Fsp3) is 0.871. The molecule has 0 heterocycles. The number of Topliss-reactive ketones (excluding diaryl/α,β-unsaturated/α-hetero) is 1. The Hall–Kier alpha value is -2.40. The van der Waals surface area contributed by atoms with E-state index in [0.29, 0.717) is 139 Å². The third kappa shape index (κ3) is 40.0. The molecule has 0 aliphatic heterocycles. The fourth-order valence-electron chi connectivity index (χ4n) is 3.19. The average molecular weight is 733 g/mol. The van der Waals surface area contributed by atoms with Crippen LogP contribution in [0.4, 0.5) is 0 Å². The van der Waals surface area contributed by atoms with E-state index in [0.717, 1.165) is 0 Å². The third-order valence-corrected chi connectivity index (χ3v) is 5.60. The first-order valence-corrected chi connectivity index (χ1v) is 16.5. The molecular weight excluding hydrogens is 676 g/mol. The molecule has 0 aromatic carbocycles. The van der Waals surface area contributed by atoms with Crippen LogP contribution in [0.3, 0.4) is 0 Å². The summed E-state index contributed by atoms with van der Waals surface area (Å²) < 4.78 is 68.9. The molecule has 0 aliphatic rings. The second-order valence-electron chi connectivity index (χ2n) is 9.63. The maximum absolute atomic E-state index is 11.4. The number of carbonyl (C=O) groups is 4. The maximum Gasteiger partial charge on any atom is 0.372 e. The van der Waals surface area contributed by atoms with Crippen LogP contribution in [0, 0.1) is 0 Å². The Balaban J connectivity index is 3.12. The van der Waals surface area contributed by atoms with Gasteiger partial charge in [0, 0.05) is 6.42 Å². The highest BCUT2D eigenvalue weighted by Crippen LogP contribution is 1.95. The number of ether oxygens (including phenoxy) is 13. The summed E-state index contributed by atoms with van der Waals surface area (Å²) in [5.74, 6) is -4.26. The highest BCUT2D eigenvalue weighted by molar-refractivity contribution is 6.32. The minimum absolute atomic E-state index is 0.00674. The standard InChI is InChI=1S/C31H56O19/c32-28(31(36)37)1-2-30(35)50-26-25-48-22-21-46-18-17-44-14-13-42-10-9-40-6-5-38-3-4-39-7-8-41-11-12-43-15-16-45-19-20-47-23-24-49-27-29(33)34/h1-27H2,(H,33,34)(H,36,37). The molecule has 0 aromatic heterocycles. The Morgan fingerprint density at radius 3 is 0.800 bits per heavy atom. The van der Waals surface area contributed by atoms with Crippen molar-refractivity contribution in [1.82, 2.24) is 0 Å². The zero-order valence-electron chi connectivity index (χ0n) is 28.9. The number of esters is 1. The Labute approximate surface area is 292 Å². The lowest BCUT2D eigenvalue weighted by Crippen LogP contribution is -2.17. The topological polar surface area (TPSA) is 229 Å². The van der Waals surface area contributed by atoms with Crippen LogP contribution in [0.2, 0.25) is 0 Å². The normalized spacial score (nSPS) is 11.2. The molecule has 0 fully saturated rings. The number of rotatable bonds is 42. The molecular formula is C31H56O19. The smallest absolute Gasteiger partial charge is 0.372 e. The number of carboxylic acids is 2. The monoisotopic (exact) mass is 732 g/mol. The van der Waals surface area contributed by atoms with Gasteiger partial charge in [0.1, 0.15) is 13.2 Å². The van der Waals surface area contributed by atoms with Crippen molar-refractivity contribution in [3.8, 4) is 0 Å². The molecule has 19 heteroatoms. The Morgan fingerprint density at radius 1 is 0.320 bits per heavy atom. The van der Waals surface area contributed by atoms with E-state index in [2.05, 4.69) is 0 Å². The van der Waals surface area contributed by atoms with Crippen LogP contribution in [0.15, 0.2) is 0 Å². The van der Waals surface area contributed by atoms with E-state index in [4.69, 9.17) is 71.8 Å². The van der Waals surface area contributed by atoms with Gasteiger partial charge in [-0.1, -0.05) is 0 Å². The van der Waals surface area contributed by atoms with Gasteiger partial charge in [-0.2, -0.15) is 0 Å². The van der Waals surface area contributed by atoms with Gasteiger partial charge in [0.05, 0.1) is 158 Å². The quantitative estimate of drug-likeness (QED) is 0.0447. The fourth-order valence-corrected chi connectivity index (χ4v) is 3.19. The largest absolute Gasteiger partial charge is 0.480 e. The lowest BCUT2D eigenvalue weighted by molar-refractivity contribution is -0.151. The second-order valence-corrected chi connectivity index (χ2v) is 9.63. The van der Waals surface area contributed by atoms with Crippen LogP contribution in [0.1, 0.15) is 12.8 Å². The van der Waals surface area contributed by atoms with Gasteiger partial charge in [0.2, 0.25) is 5.78 Å². The van der Waals surface area contributed by atoms with E-state index in [1.807, 2.05) is 0 Å². The molecule has 0 atom stereocenters. The van der Waals surface area contributed by atoms with Gasteiger partial charge >= 0.3 is 17.9 Å². The van der Waals surface area contributed by atoms with E-state index in [-0.39, 0.29) is 32.8 Å². The second kappa shape index (κ2) is 39.4. The van der Waals surface area contributed by atoms with Crippen molar-refractivity contribution in [1.29, 1.82) is 0 Å². The molecule has 2 N–H and O–H groups in total. The molecule has 0 aliphatic carbocycles. The van der Waals surface area contributed by atoms with Gasteiger partial charge in [-0.25, -0.2) is 9.59 Å².